The summed E-state index contributed by atoms with van der Waals surface area (Å²) < 4.78 is 25.8. The van der Waals surface area contributed by atoms with E-state index in [2.05, 4.69) is 4.98 Å². The van der Waals surface area contributed by atoms with E-state index in [1.165, 1.54) is 6.07 Å². The van der Waals surface area contributed by atoms with Gasteiger partial charge in [-0.25, -0.2) is 8.78 Å². The summed E-state index contributed by atoms with van der Waals surface area (Å²) in [5.74, 6) is -1.74. The molecule has 1 aromatic heterocycles. The number of aryl methyl sites for hydroxylation is 1. The summed E-state index contributed by atoms with van der Waals surface area (Å²) >= 11 is 0. The van der Waals surface area contributed by atoms with E-state index >= 15 is 0 Å². The highest BCUT2D eigenvalue weighted by atomic mass is 19.2. The fraction of sp³-hybridized carbons (Fsp3) is 0.267. The predicted molar refractivity (Wildman–Crippen MR) is 68.6 cm³/mol. The SMILES string of the molecule is OC(CCc1ccncc1)Cc1ccc(F)c(F)c1. The Bertz CT molecular complexity index is 531. The minimum atomic E-state index is -0.876. The van der Waals surface area contributed by atoms with Crippen LogP contribution in [0.3, 0.4) is 0 Å². The molecule has 1 N–H and O–H groups in total. The minimum absolute atomic E-state index is 0.322. The van der Waals surface area contributed by atoms with Crippen LogP contribution in [-0.2, 0) is 12.8 Å². The van der Waals surface area contributed by atoms with E-state index in [-0.39, 0.29) is 0 Å². The maximum absolute atomic E-state index is 13.0. The summed E-state index contributed by atoms with van der Waals surface area (Å²) in [6.07, 6.45) is 4.46. The molecule has 100 valence electrons. The Labute approximate surface area is 110 Å². The van der Waals surface area contributed by atoms with Gasteiger partial charge in [-0.15, -0.1) is 0 Å². The Hall–Kier alpha value is -1.81. The number of aliphatic hydroxyl groups is 1. The molecule has 0 bridgehead atoms. The molecule has 19 heavy (non-hydrogen) atoms. The molecular weight excluding hydrogens is 248 g/mol. The average Bonchev–Trinajstić information content (AvgIpc) is 2.42. The molecule has 0 aliphatic heterocycles. The van der Waals surface area contributed by atoms with Crippen molar-refractivity contribution in [2.45, 2.75) is 25.4 Å². The third-order valence-electron chi connectivity index (χ3n) is 2.97. The molecule has 2 nitrogen and oxygen atoms in total. The van der Waals surface area contributed by atoms with Gasteiger partial charge in [0.15, 0.2) is 11.6 Å². The van der Waals surface area contributed by atoms with Crippen LogP contribution in [0, 0.1) is 11.6 Å². The Kier molecular flexibility index (Phi) is 4.58. The van der Waals surface area contributed by atoms with Gasteiger partial charge >= 0.3 is 0 Å². The Balaban J connectivity index is 1.87. The molecule has 0 aliphatic rings. The lowest BCUT2D eigenvalue weighted by molar-refractivity contribution is 0.165. The molecule has 0 amide bonds. The molecule has 0 spiro atoms. The zero-order chi connectivity index (χ0) is 13.7. The molecule has 0 radical (unpaired) electrons. The Morgan fingerprint density at radius 2 is 1.74 bits per heavy atom. The minimum Gasteiger partial charge on any atom is -0.393 e. The van der Waals surface area contributed by atoms with E-state index in [0.717, 1.165) is 24.1 Å². The monoisotopic (exact) mass is 263 g/mol. The van der Waals surface area contributed by atoms with Crippen LogP contribution < -0.4 is 0 Å². The van der Waals surface area contributed by atoms with Crippen molar-refractivity contribution in [3.63, 3.8) is 0 Å². The Morgan fingerprint density at radius 1 is 1.00 bits per heavy atom. The fourth-order valence-corrected chi connectivity index (χ4v) is 1.92. The lowest BCUT2D eigenvalue weighted by Crippen LogP contribution is -2.12. The van der Waals surface area contributed by atoms with Gasteiger partial charge in [0, 0.05) is 12.4 Å². The third kappa shape index (κ3) is 4.10. The summed E-state index contributed by atoms with van der Waals surface area (Å²) in [5.41, 5.74) is 1.69. The first-order chi connectivity index (χ1) is 9.15. The van der Waals surface area contributed by atoms with Crippen molar-refractivity contribution in [3.05, 3.63) is 65.5 Å². The number of aliphatic hydroxyl groups excluding tert-OH is 1. The molecule has 1 atom stereocenters. The van der Waals surface area contributed by atoms with Crippen LogP contribution in [-0.4, -0.2) is 16.2 Å². The first-order valence-electron chi connectivity index (χ1n) is 6.16. The van der Waals surface area contributed by atoms with Gasteiger partial charge in [-0.05, 0) is 54.7 Å². The highest BCUT2D eigenvalue weighted by molar-refractivity contribution is 5.18. The van der Waals surface area contributed by atoms with Crippen LogP contribution in [0.15, 0.2) is 42.7 Å². The van der Waals surface area contributed by atoms with Crippen LogP contribution >= 0.6 is 0 Å². The maximum atomic E-state index is 13.0. The summed E-state index contributed by atoms with van der Waals surface area (Å²) in [6, 6.07) is 7.49. The number of halogens is 2. The highest BCUT2D eigenvalue weighted by Crippen LogP contribution is 2.13. The van der Waals surface area contributed by atoms with Gasteiger partial charge in [0.1, 0.15) is 0 Å². The molecule has 1 unspecified atom stereocenters. The number of benzene rings is 1. The van der Waals surface area contributed by atoms with E-state index in [9.17, 15) is 13.9 Å². The lowest BCUT2D eigenvalue weighted by Gasteiger charge is -2.10. The molecule has 0 saturated carbocycles. The molecule has 1 aromatic carbocycles. The normalized spacial score (nSPS) is 12.4. The van der Waals surface area contributed by atoms with E-state index in [1.54, 1.807) is 12.4 Å². The van der Waals surface area contributed by atoms with Crippen molar-refractivity contribution in [1.82, 2.24) is 4.98 Å². The van der Waals surface area contributed by atoms with Crippen LogP contribution in [0.25, 0.3) is 0 Å². The van der Waals surface area contributed by atoms with Crippen LogP contribution in [0.1, 0.15) is 17.5 Å². The standard InChI is InChI=1S/C15H15F2NO/c16-14-4-2-12(10-15(14)17)9-13(19)3-1-11-5-7-18-8-6-11/h2,4-8,10,13,19H,1,3,9H2. The van der Waals surface area contributed by atoms with Gasteiger partial charge < -0.3 is 5.11 Å². The summed E-state index contributed by atoms with van der Waals surface area (Å²) in [4.78, 5) is 3.92. The summed E-state index contributed by atoms with van der Waals surface area (Å²) in [7, 11) is 0. The number of hydrogen-bond acceptors (Lipinski definition) is 2. The highest BCUT2D eigenvalue weighted by Gasteiger charge is 2.08. The van der Waals surface area contributed by atoms with Crippen LogP contribution in [0.4, 0.5) is 8.78 Å². The number of aromatic nitrogens is 1. The molecule has 0 aliphatic carbocycles. The second-order valence-electron chi connectivity index (χ2n) is 4.50. The third-order valence-corrected chi connectivity index (χ3v) is 2.97. The van der Waals surface area contributed by atoms with E-state index in [4.69, 9.17) is 0 Å². The van der Waals surface area contributed by atoms with Gasteiger partial charge in [0.2, 0.25) is 0 Å². The van der Waals surface area contributed by atoms with Crippen molar-refractivity contribution >= 4 is 0 Å². The zero-order valence-corrected chi connectivity index (χ0v) is 10.4. The molecule has 2 rings (SSSR count). The average molecular weight is 263 g/mol. The molecular formula is C15H15F2NO. The van der Waals surface area contributed by atoms with Gasteiger partial charge in [0.05, 0.1) is 6.10 Å². The van der Waals surface area contributed by atoms with E-state index < -0.39 is 17.7 Å². The van der Waals surface area contributed by atoms with Crippen LogP contribution in [0.5, 0.6) is 0 Å². The van der Waals surface area contributed by atoms with Crippen molar-refractivity contribution in [2.24, 2.45) is 0 Å². The summed E-state index contributed by atoms with van der Waals surface area (Å²) in [5, 5.41) is 9.89. The molecule has 2 aromatic rings. The maximum Gasteiger partial charge on any atom is 0.159 e. The van der Waals surface area contributed by atoms with Crippen molar-refractivity contribution in [3.8, 4) is 0 Å². The zero-order valence-electron chi connectivity index (χ0n) is 10.4. The Morgan fingerprint density at radius 3 is 2.42 bits per heavy atom. The smallest absolute Gasteiger partial charge is 0.159 e. The van der Waals surface area contributed by atoms with E-state index in [0.29, 0.717) is 18.4 Å². The quantitative estimate of drug-likeness (QED) is 0.899. The molecule has 4 heteroatoms. The van der Waals surface area contributed by atoms with Crippen molar-refractivity contribution in [1.29, 1.82) is 0 Å². The van der Waals surface area contributed by atoms with Crippen molar-refractivity contribution in [2.75, 3.05) is 0 Å². The second-order valence-corrected chi connectivity index (χ2v) is 4.50. The first-order valence-corrected chi connectivity index (χ1v) is 6.16. The van der Waals surface area contributed by atoms with Gasteiger partial charge in [-0.3, -0.25) is 4.98 Å². The first kappa shape index (κ1) is 13.6. The number of nitrogens with zero attached hydrogens (tertiary/aromatic N) is 1. The molecule has 1 heterocycles. The largest absolute Gasteiger partial charge is 0.393 e. The molecule has 0 saturated heterocycles. The van der Waals surface area contributed by atoms with Gasteiger partial charge in [0.25, 0.3) is 0 Å². The fourth-order valence-electron chi connectivity index (χ4n) is 1.92. The lowest BCUT2D eigenvalue weighted by atomic mass is 10.0. The number of pyridine rings is 1. The molecule has 0 fully saturated rings. The predicted octanol–water partition coefficient (Wildman–Crippen LogP) is 2.90. The summed E-state index contributed by atoms with van der Waals surface area (Å²) in [6.45, 7) is 0. The van der Waals surface area contributed by atoms with Gasteiger partial charge in [-0.2, -0.15) is 0 Å². The number of hydrogen-bond donors (Lipinski definition) is 1. The van der Waals surface area contributed by atoms with Crippen LogP contribution in [0.2, 0.25) is 0 Å². The van der Waals surface area contributed by atoms with Gasteiger partial charge in [-0.1, -0.05) is 6.07 Å². The topological polar surface area (TPSA) is 33.1 Å². The second kappa shape index (κ2) is 6.38. The van der Waals surface area contributed by atoms with E-state index in [1.807, 2.05) is 12.1 Å². The number of rotatable bonds is 5. The van der Waals surface area contributed by atoms with Crippen molar-refractivity contribution < 1.29 is 13.9 Å².